The number of pyridine rings is 1. The summed E-state index contributed by atoms with van der Waals surface area (Å²) >= 11 is 7.19. The van der Waals surface area contributed by atoms with Gasteiger partial charge in [-0.25, -0.2) is 9.78 Å². The van der Waals surface area contributed by atoms with Gasteiger partial charge in [0, 0.05) is 30.3 Å². The third kappa shape index (κ3) is 2.90. The standard InChI is InChI=1S/C10H10ClN3O4S/c11-6-3-7(14(17)18)9(12-4-6)13-1-2-19-5-8(13)10(15)16/h3-4,8H,1-2,5H2,(H,15,16). The molecule has 0 amide bonds. The van der Waals surface area contributed by atoms with Crippen molar-refractivity contribution in [1.29, 1.82) is 0 Å². The smallest absolute Gasteiger partial charge is 0.327 e. The van der Waals surface area contributed by atoms with Crippen LogP contribution in [0.15, 0.2) is 12.3 Å². The van der Waals surface area contributed by atoms with Gasteiger partial charge in [-0.3, -0.25) is 10.1 Å². The molecule has 1 aromatic heterocycles. The second kappa shape index (κ2) is 5.62. The molecular weight excluding hydrogens is 294 g/mol. The Hall–Kier alpha value is -1.54. The molecule has 0 spiro atoms. The highest BCUT2D eigenvalue weighted by Crippen LogP contribution is 2.32. The van der Waals surface area contributed by atoms with E-state index < -0.39 is 16.9 Å². The average Bonchev–Trinajstić information content (AvgIpc) is 2.38. The van der Waals surface area contributed by atoms with Crippen molar-refractivity contribution in [3.8, 4) is 0 Å². The molecule has 1 aliphatic rings. The van der Waals surface area contributed by atoms with Crippen LogP contribution in [-0.2, 0) is 4.79 Å². The predicted molar refractivity (Wildman–Crippen MR) is 72.0 cm³/mol. The third-order valence-electron chi connectivity index (χ3n) is 2.70. The van der Waals surface area contributed by atoms with E-state index in [-0.39, 0.29) is 16.5 Å². The molecule has 0 aromatic carbocycles. The number of carboxylic acids is 1. The number of hydrogen-bond acceptors (Lipinski definition) is 6. The third-order valence-corrected chi connectivity index (χ3v) is 3.93. The molecule has 1 atom stereocenters. The molecule has 1 N–H and O–H groups in total. The van der Waals surface area contributed by atoms with E-state index in [1.807, 2.05) is 0 Å². The Morgan fingerprint density at radius 1 is 1.68 bits per heavy atom. The molecule has 1 aromatic rings. The molecule has 0 saturated carbocycles. The summed E-state index contributed by atoms with van der Waals surface area (Å²) in [7, 11) is 0. The van der Waals surface area contributed by atoms with Crippen LogP contribution in [0.4, 0.5) is 11.5 Å². The summed E-state index contributed by atoms with van der Waals surface area (Å²) in [6.45, 7) is 0.400. The molecule has 102 valence electrons. The van der Waals surface area contributed by atoms with E-state index >= 15 is 0 Å². The Balaban J connectivity index is 2.44. The lowest BCUT2D eigenvalue weighted by Gasteiger charge is -2.33. The highest BCUT2D eigenvalue weighted by molar-refractivity contribution is 7.99. The monoisotopic (exact) mass is 303 g/mol. The van der Waals surface area contributed by atoms with Crippen molar-refractivity contribution in [3.05, 3.63) is 27.4 Å². The molecule has 2 heterocycles. The fourth-order valence-electron chi connectivity index (χ4n) is 1.84. The number of halogens is 1. The first-order chi connectivity index (χ1) is 9.00. The summed E-state index contributed by atoms with van der Waals surface area (Å²) in [5.41, 5.74) is -0.273. The normalized spacial score (nSPS) is 19.2. The molecule has 19 heavy (non-hydrogen) atoms. The number of carboxylic acid groups (broad SMARTS) is 1. The second-order valence-electron chi connectivity index (χ2n) is 3.88. The molecule has 2 rings (SSSR count). The van der Waals surface area contributed by atoms with Gasteiger partial charge >= 0.3 is 11.7 Å². The zero-order chi connectivity index (χ0) is 14.0. The maximum absolute atomic E-state index is 11.2. The number of nitrogens with zero attached hydrogens (tertiary/aromatic N) is 3. The number of aliphatic carboxylic acids is 1. The van der Waals surface area contributed by atoms with E-state index in [1.165, 1.54) is 28.9 Å². The number of rotatable bonds is 3. The molecule has 1 aliphatic heterocycles. The first kappa shape index (κ1) is 13.9. The van der Waals surface area contributed by atoms with Gasteiger partial charge in [-0.15, -0.1) is 0 Å². The van der Waals surface area contributed by atoms with Crippen molar-refractivity contribution in [1.82, 2.24) is 4.98 Å². The lowest BCUT2D eigenvalue weighted by atomic mass is 10.2. The number of anilines is 1. The van der Waals surface area contributed by atoms with Gasteiger partial charge < -0.3 is 10.0 Å². The topological polar surface area (TPSA) is 96.6 Å². The fourth-order valence-corrected chi connectivity index (χ4v) is 3.03. The Labute approximate surface area is 117 Å². The van der Waals surface area contributed by atoms with Crippen LogP contribution >= 0.6 is 23.4 Å². The van der Waals surface area contributed by atoms with Crippen LogP contribution in [0.2, 0.25) is 5.02 Å². The van der Waals surface area contributed by atoms with Crippen molar-refractivity contribution >= 4 is 40.8 Å². The Morgan fingerprint density at radius 2 is 2.42 bits per heavy atom. The summed E-state index contributed by atoms with van der Waals surface area (Å²) in [6.07, 6.45) is 1.28. The molecule has 1 fully saturated rings. The fraction of sp³-hybridized carbons (Fsp3) is 0.400. The molecule has 1 unspecified atom stereocenters. The largest absolute Gasteiger partial charge is 0.480 e. The van der Waals surface area contributed by atoms with Crippen LogP contribution in [0.1, 0.15) is 0 Å². The van der Waals surface area contributed by atoms with Gasteiger partial charge in [-0.1, -0.05) is 11.6 Å². The molecule has 0 aliphatic carbocycles. The molecule has 9 heteroatoms. The minimum Gasteiger partial charge on any atom is -0.480 e. The minimum atomic E-state index is -1.02. The van der Waals surface area contributed by atoms with Crippen LogP contribution < -0.4 is 4.90 Å². The lowest BCUT2D eigenvalue weighted by Crippen LogP contribution is -2.48. The Bertz CT molecular complexity index is 527. The zero-order valence-corrected chi connectivity index (χ0v) is 11.2. The van der Waals surface area contributed by atoms with Crippen molar-refractivity contribution in [3.63, 3.8) is 0 Å². The van der Waals surface area contributed by atoms with Gasteiger partial charge in [-0.2, -0.15) is 11.8 Å². The van der Waals surface area contributed by atoms with E-state index in [1.54, 1.807) is 0 Å². The highest BCUT2D eigenvalue weighted by Gasteiger charge is 2.34. The molecular formula is C10H10ClN3O4S. The molecule has 0 radical (unpaired) electrons. The van der Waals surface area contributed by atoms with Gasteiger partial charge in [0.25, 0.3) is 0 Å². The van der Waals surface area contributed by atoms with Crippen LogP contribution in [0.5, 0.6) is 0 Å². The van der Waals surface area contributed by atoms with Gasteiger partial charge in [0.05, 0.1) is 9.95 Å². The Morgan fingerprint density at radius 3 is 3.05 bits per heavy atom. The van der Waals surface area contributed by atoms with Crippen molar-refractivity contribution < 1.29 is 14.8 Å². The summed E-state index contributed by atoms with van der Waals surface area (Å²) in [5.74, 6) is 0.113. The Kier molecular flexibility index (Phi) is 4.11. The number of hydrogen-bond donors (Lipinski definition) is 1. The molecule has 1 saturated heterocycles. The summed E-state index contributed by atoms with van der Waals surface area (Å²) in [5, 5.41) is 20.3. The maximum Gasteiger partial charge on any atom is 0.327 e. The van der Waals surface area contributed by atoms with Crippen LogP contribution in [-0.4, -0.2) is 45.1 Å². The number of thioether (sulfide) groups is 1. The van der Waals surface area contributed by atoms with Crippen molar-refractivity contribution in [2.75, 3.05) is 23.0 Å². The van der Waals surface area contributed by atoms with Gasteiger partial charge in [-0.05, 0) is 0 Å². The molecule has 7 nitrogen and oxygen atoms in total. The van der Waals surface area contributed by atoms with Crippen LogP contribution in [0.3, 0.4) is 0 Å². The summed E-state index contributed by atoms with van der Waals surface area (Å²) in [6, 6.07) is 0.371. The van der Waals surface area contributed by atoms with Crippen molar-refractivity contribution in [2.24, 2.45) is 0 Å². The second-order valence-corrected chi connectivity index (χ2v) is 5.46. The SMILES string of the molecule is O=C(O)C1CSCCN1c1ncc(Cl)cc1[N+](=O)[O-]. The molecule has 0 bridgehead atoms. The van der Waals surface area contributed by atoms with E-state index in [4.69, 9.17) is 11.6 Å². The van der Waals surface area contributed by atoms with Gasteiger partial charge in [0.1, 0.15) is 6.04 Å². The first-order valence-corrected chi connectivity index (χ1v) is 6.91. The van der Waals surface area contributed by atoms with Crippen LogP contribution in [0.25, 0.3) is 0 Å². The van der Waals surface area contributed by atoms with E-state index in [2.05, 4.69) is 4.98 Å². The first-order valence-electron chi connectivity index (χ1n) is 5.38. The van der Waals surface area contributed by atoms with Gasteiger partial charge in [0.15, 0.2) is 0 Å². The van der Waals surface area contributed by atoms with E-state index in [0.29, 0.717) is 18.1 Å². The number of carbonyl (C=O) groups is 1. The average molecular weight is 304 g/mol. The quantitative estimate of drug-likeness (QED) is 0.669. The zero-order valence-electron chi connectivity index (χ0n) is 9.65. The minimum absolute atomic E-state index is 0.0575. The highest BCUT2D eigenvalue weighted by atomic mass is 35.5. The maximum atomic E-state index is 11.2. The van der Waals surface area contributed by atoms with Crippen LogP contribution in [0, 0.1) is 10.1 Å². The predicted octanol–water partition coefficient (Wildman–Crippen LogP) is 1.65. The number of nitro groups is 1. The number of aromatic nitrogens is 1. The summed E-state index contributed by atoms with van der Waals surface area (Å²) in [4.78, 5) is 27.0. The van der Waals surface area contributed by atoms with E-state index in [9.17, 15) is 20.0 Å². The summed E-state index contributed by atoms with van der Waals surface area (Å²) < 4.78 is 0. The lowest BCUT2D eigenvalue weighted by molar-refractivity contribution is -0.384. The van der Waals surface area contributed by atoms with Gasteiger partial charge in [0.2, 0.25) is 5.82 Å². The van der Waals surface area contributed by atoms with E-state index in [0.717, 1.165) is 0 Å². The van der Waals surface area contributed by atoms with Crippen molar-refractivity contribution in [2.45, 2.75) is 6.04 Å².